The summed E-state index contributed by atoms with van der Waals surface area (Å²) in [6, 6.07) is 5.32. The lowest BCUT2D eigenvalue weighted by Gasteiger charge is -2.11. The standard InChI is InChI=1S/C16H19FN2O4S/c1-11(12-2-4-13(17)5-3-12)8-15(20)18-9-16(21)19-14-6-7-24(22,23)10-14/h2-5,8,14H,6-7,9-10H2,1H3,(H,18,20)(H,19,21)/b11-8+/t14-/m0/s1. The molecule has 1 heterocycles. The zero-order valence-corrected chi connectivity index (χ0v) is 14.0. The van der Waals surface area contributed by atoms with Crippen molar-refractivity contribution in [3.05, 3.63) is 41.7 Å². The summed E-state index contributed by atoms with van der Waals surface area (Å²) in [5.74, 6) is -1.23. The molecular formula is C16H19FN2O4S. The van der Waals surface area contributed by atoms with E-state index in [9.17, 15) is 22.4 Å². The van der Waals surface area contributed by atoms with Gasteiger partial charge in [-0.05, 0) is 36.6 Å². The van der Waals surface area contributed by atoms with E-state index in [-0.39, 0.29) is 23.9 Å². The molecule has 0 unspecified atom stereocenters. The quantitative estimate of drug-likeness (QED) is 0.760. The minimum Gasteiger partial charge on any atom is -0.351 e. The molecule has 2 N–H and O–H groups in total. The van der Waals surface area contributed by atoms with Crippen LogP contribution >= 0.6 is 0 Å². The molecule has 1 aliphatic rings. The number of sulfone groups is 1. The highest BCUT2D eigenvalue weighted by atomic mass is 32.2. The Morgan fingerprint density at radius 1 is 1.29 bits per heavy atom. The third-order valence-electron chi connectivity index (χ3n) is 3.67. The molecule has 1 saturated heterocycles. The van der Waals surface area contributed by atoms with Gasteiger partial charge in [0, 0.05) is 12.1 Å². The topological polar surface area (TPSA) is 92.3 Å². The molecule has 24 heavy (non-hydrogen) atoms. The van der Waals surface area contributed by atoms with E-state index < -0.39 is 27.7 Å². The first kappa shape index (κ1) is 18.1. The summed E-state index contributed by atoms with van der Waals surface area (Å²) in [6.07, 6.45) is 1.71. The molecule has 1 aromatic rings. The number of allylic oxidation sites excluding steroid dienone is 1. The summed E-state index contributed by atoms with van der Waals surface area (Å²) in [5, 5.41) is 5.02. The van der Waals surface area contributed by atoms with Crippen LogP contribution in [0, 0.1) is 5.82 Å². The van der Waals surface area contributed by atoms with Gasteiger partial charge in [-0.15, -0.1) is 0 Å². The highest BCUT2D eigenvalue weighted by molar-refractivity contribution is 7.91. The number of benzene rings is 1. The van der Waals surface area contributed by atoms with Crippen molar-refractivity contribution < 1.29 is 22.4 Å². The van der Waals surface area contributed by atoms with Gasteiger partial charge in [-0.3, -0.25) is 9.59 Å². The molecule has 0 radical (unpaired) electrons. The molecule has 0 aromatic heterocycles. The molecule has 2 amide bonds. The molecule has 1 aliphatic heterocycles. The van der Waals surface area contributed by atoms with Gasteiger partial charge in [-0.2, -0.15) is 0 Å². The maximum atomic E-state index is 12.9. The summed E-state index contributed by atoms with van der Waals surface area (Å²) in [7, 11) is -3.06. The van der Waals surface area contributed by atoms with Crippen LogP contribution in [0.2, 0.25) is 0 Å². The van der Waals surface area contributed by atoms with Crippen molar-refractivity contribution in [2.75, 3.05) is 18.1 Å². The van der Waals surface area contributed by atoms with Crippen LogP contribution in [0.1, 0.15) is 18.9 Å². The fourth-order valence-electron chi connectivity index (χ4n) is 2.40. The summed E-state index contributed by atoms with van der Waals surface area (Å²) in [4.78, 5) is 23.5. The molecule has 0 bridgehead atoms. The molecular weight excluding hydrogens is 335 g/mol. The maximum Gasteiger partial charge on any atom is 0.244 e. The number of nitrogens with one attached hydrogen (secondary N) is 2. The van der Waals surface area contributed by atoms with Gasteiger partial charge >= 0.3 is 0 Å². The van der Waals surface area contributed by atoms with Gasteiger partial charge in [0.2, 0.25) is 11.8 Å². The second-order valence-corrected chi connectivity index (χ2v) is 7.95. The van der Waals surface area contributed by atoms with E-state index in [0.29, 0.717) is 17.6 Å². The average Bonchev–Trinajstić information content (AvgIpc) is 2.84. The van der Waals surface area contributed by atoms with E-state index in [1.807, 2.05) is 0 Å². The van der Waals surface area contributed by atoms with E-state index in [2.05, 4.69) is 10.6 Å². The SMILES string of the molecule is C/C(=C\C(=O)NCC(=O)N[C@H]1CCS(=O)(=O)C1)c1ccc(F)cc1. The molecule has 0 spiro atoms. The fourth-order valence-corrected chi connectivity index (χ4v) is 4.07. The molecule has 6 nitrogen and oxygen atoms in total. The Hall–Kier alpha value is -2.22. The molecule has 0 saturated carbocycles. The zero-order chi connectivity index (χ0) is 17.7. The van der Waals surface area contributed by atoms with Crippen LogP contribution in [-0.4, -0.2) is 44.3 Å². The predicted octanol–water partition coefficient (Wildman–Crippen LogP) is 0.649. The lowest BCUT2D eigenvalue weighted by atomic mass is 10.1. The molecule has 8 heteroatoms. The van der Waals surface area contributed by atoms with Crippen molar-refractivity contribution in [1.82, 2.24) is 10.6 Å². The Morgan fingerprint density at radius 2 is 1.96 bits per heavy atom. The van der Waals surface area contributed by atoms with Crippen LogP contribution in [0.3, 0.4) is 0 Å². The second-order valence-electron chi connectivity index (χ2n) is 5.72. The minimum absolute atomic E-state index is 0.0593. The van der Waals surface area contributed by atoms with Crippen LogP contribution in [0.5, 0.6) is 0 Å². The van der Waals surface area contributed by atoms with E-state index in [1.165, 1.54) is 18.2 Å². The van der Waals surface area contributed by atoms with Gasteiger partial charge < -0.3 is 10.6 Å². The minimum atomic E-state index is -3.06. The van der Waals surface area contributed by atoms with Crippen LogP contribution in [0.15, 0.2) is 30.3 Å². The molecule has 130 valence electrons. The Bertz CT molecular complexity index is 757. The highest BCUT2D eigenvalue weighted by Crippen LogP contribution is 2.13. The van der Waals surface area contributed by atoms with Crippen molar-refractivity contribution >= 4 is 27.2 Å². The van der Waals surface area contributed by atoms with Gasteiger partial charge in [0.1, 0.15) is 5.82 Å². The van der Waals surface area contributed by atoms with Crippen molar-refractivity contribution in [2.24, 2.45) is 0 Å². The van der Waals surface area contributed by atoms with E-state index in [0.717, 1.165) is 0 Å². The van der Waals surface area contributed by atoms with Crippen LogP contribution in [0.25, 0.3) is 5.57 Å². The number of amides is 2. The summed E-state index contributed by atoms with van der Waals surface area (Å²) < 4.78 is 35.5. The maximum absolute atomic E-state index is 12.9. The Kier molecular flexibility index (Phi) is 5.71. The first-order chi connectivity index (χ1) is 11.2. The number of carbonyl (C=O) groups excluding carboxylic acids is 2. The lowest BCUT2D eigenvalue weighted by Crippen LogP contribution is -2.42. The largest absolute Gasteiger partial charge is 0.351 e. The summed E-state index contributed by atoms with van der Waals surface area (Å²) >= 11 is 0. The Morgan fingerprint density at radius 3 is 2.54 bits per heavy atom. The van der Waals surface area contributed by atoms with Crippen LogP contribution in [0.4, 0.5) is 4.39 Å². The van der Waals surface area contributed by atoms with Crippen molar-refractivity contribution in [3.63, 3.8) is 0 Å². The molecule has 1 aromatic carbocycles. The van der Waals surface area contributed by atoms with E-state index >= 15 is 0 Å². The lowest BCUT2D eigenvalue weighted by molar-refractivity contribution is -0.124. The van der Waals surface area contributed by atoms with Crippen molar-refractivity contribution in [2.45, 2.75) is 19.4 Å². The number of halogens is 1. The zero-order valence-electron chi connectivity index (χ0n) is 13.2. The van der Waals surface area contributed by atoms with E-state index in [4.69, 9.17) is 0 Å². The van der Waals surface area contributed by atoms with E-state index in [1.54, 1.807) is 19.1 Å². The normalized spacial score (nSPS) is 19.8. The third kappa shape index (κ3) is 5.45. The molecule has 1 atom stereocenters. The Labute approximate surface area is 140 Å². The number of hydrogen-bond donors (Lipinski definition) is 2. The molecule has 1 fully saturated rings. The molecule has 2 rings (SSSR count). The number of hydrogen-bond acceptors (Lipinski definition) is 4. The molecule has 0 aliphatic carbocycles. The van der Waals surface area contributed by atoms with Gasteiger partial charge in [-0.1, -0.05) is 12.1 Å². The summed E-state index contributed by atoms with van der Waals surface area (Å²) in [5.41, 5.74) is 1.34. The van der Waals surface area contributed by atoms with Gasteiger partial charge in [-0.25, -0.2) is 12.8 Å². The van der Waals surface area contributed by atoms with Gasteiger partial charge in [0.25, 0.3) is 0 Å². The third-order valence-corrected chi connectivity index (χ3v) is 5.44. The smallest absolute Gasteiger partial charge is 0.244 e. The summed E-state index contributed by atoms with van der Waals surface area (Å²) in [6.45, 7) is 1.47. The first-order valence-electron chi connectivity index (χ1n) is 7.47. The first-order valence-corrected chi connectivity index (χ1v) is 9.29. The number of rotatable bonds is 5. The number of carbonyl (C=O) groups is 2. The fraction of sp³-hybridized carbons (Fsp3) is 0.375. The van der Waals surface area contributed by atoms with Gasteiger partial charge in [0.15, 0.2) is 9.84 Å². The predicted molar refractivity (Wildman–Crippen MR) is 88.3 cm³/mol. The van der Waals surface area contributed by atoms with Crippen LogP contribution < -0.4 is 10.6 Å². The van der Waals surface area contributed by atoms with Crippen molar-refractivity contribution in [1.29, 1.82) is 0 Å². The average molecular weight is 354 g/mol. The van der Waals surface area contributed by atoms with Crippen LogP contribution in [-0.2, 0) is 19.4 Å². The highest BCUT2D eigenvalue weighted by Gasteiger charge is 2.28. The van der Waals surface area contributed by atoms with Crippen molar-refractivity contribution in [3.8, 4) is 0 Å². The van der Waals surface area contributed by atoms with Gasteiger partial charge in [0.05, 0.1) is 18.1 Å². The Balaban J connectivity index is 1.81. The monoisotopic (exact) mass is 354 g/mol. The second kappa shape index (κ2) is 7.57.